The molecule has 8 nitrogen and oxygen atoms in total. The number of alkyl halides is 3. The number of carbonyl (C=O) groups is 3. The van der Waals surface area contributed by atoms with Gasteiger partial charge in [0, 0.05) is 29.9 Å². The number of methoxy groups -OCH3 is 1. The molecule has 2 atom stereocenters. The average molecular weight is 551 g/mol. The lowest BCUT2D eigenvalue weighted by molar-refractivity contribution is -0.143. The zero-order valence-electron chi connectivity index (χ0n) is 21.5. The van der Waals surface area contributed by atoms with Crippen molar-refractivity contribution in [3.63, 3.8) is 0 Å². The van der Waals surface area contributed by atoms with Crippen molar-refractivity contribution in [3.05, 3.63) is 59.4 Å². The topological polar surface area (TPSA) is 123 Å². The van der Waals surface area contributed by atoms with Gasteiger partial charge in [-0.1, -0.05) is 44.0 Å². The van der Waals surface area contributed by atoms with Gasteiger partial charge < -0.3 is 21.1 Å². The van der Waals surface area contributed by atoms with E-state index in [1.807, 2.05) is 0 Å². The third-order valence-corrected chi connectivity index (χ3v) is 6.09. The molecule has 0 bridgehead atoms. The van der Waals surface area contributed by atoms with Crippen LogP contribution in [0.3, 0.4) is 0 Å². The van der Waals surface area contributed by atoms with Crippen molar-refractivity contribution < 1.29 is 36.7 Å². The molecule has 2 aliphatic rings. The van der Waals surface area contributed by atoms with Crippen molar-refractivity contribution in [1.82, 2.24) is 5.32 Å². The number of aliphatic imine (C=N–C) groups is 1. The van der Waals surface area contributed by atoms with E-state index in [0.29, 0.717) is 5.56 Å². The van der Waals surface area contributed by atoms with Crippen molar-refractivity contribution in [2.24, 2.45) is 22.6 Å². The maximum Gasteiger partial charge on any atom is 0.389 e. The number of amides is 3. The normalized spacial score (nSPS) is 17.3. The maximum absolute atomic E-state index is 14.0. The van der Waals surface area contributed by atoms with E-state index in [0.717, 1.165) is 5.92 Å². The average Bonchev–Trinajstić information content (AvgIpc) is 3.67. The lowest BCUT2D eigenvalue weighted by atomic mass is 9.97. The molecule has 1 aliphatic heterocycles. The van der Waals surface area contributed by atoms with Gasteiger partial charge >= 0.3 is 6.18 Å². The number of nitrogens with two attached hydrogens (primary N) is 1. The summed E-state index contributed by atoms with van der Waals surface area (Å²) >= 11 is 0. The first-order valence-corrected chi connectivity index (χ1v) is 12.4. The van der Waals surface area contributed by atoms with Crippen LogP contribution in [0.5, 0.6) is 5.75 Å². The smallest absolute Gasteiger partial charge is 0.389 e. The summed E-state index contributed by atoms with van der Waals surface area (Å²) in [6.45, 7) is 2.28. The minimum Gasteiger partial charge on any atom is -0.495 e. The summed E-state index contributed by atoms with van der Waals surface area (Å²) in [6.07, 6.45) is -5.86. The largest absolute Gasteiger partial charge is 0.495 e. The number of ether oxygens (including phenoxy) is 1. The molecule has 4 rings (SSSR count). The number of anilines is 1. The van der Waals surface area contributed by atoms with Crippen LogP contribution in [0.15, 0.2) is 47.5 Å². The van der Waals surface area contributed by atoms with Gasteiger partial charge in [0.15, 0.2) is 0 Å². The highest BCUT2D eigenvalue weighted by Crippen LogP contribution is 2.33. The van der Waals surface area contributed by atoms with Gasteiger partial charge in [0.1, 0.15) is 11.6 Å². The Kier molecular flexibility index (Phi) is 9.66. The summed E-state index contributed by atoms with van der Waals surface area (Å²) in [4.78, 5) is 41.4. The molecule has 1 aliphatic carbocycles. The number of benzodiazepines with no additional fused rings is 1. The van der Waals surface area contributed by atoms with Gasteiger partial charge in [-0.25, -0.2) is 9.38 Å². The highest BCUT2D eigenvalue weighted by atomic mass is 19.4. The predicted octanol–water partition coefficient (Wildman–Crippen LogP) is 4.32. The molecule has 2 aromatic carbocycles. The molecule has 3 amide bonds. The summed E-state index contributed by atoms with van der Waals surface area (Å²) in [6, 6.07) is 10.2. The molecule has 2 aromatic rings. The SMILES string of the molecule is CC1CC1.COc1cccc2c1NC(=O)C(NC(=O)C(CCC(F)(F)F)CC(N)=O)N=C2c1cccc(F)c1. The first-order chi connectivity index (χ1) is 18.4. The van der Waals surface area contributed by atoms with E-state index in [4.69, 9.17) is 10.5 Å². The third-order valence-electron chi connectivity index (χ3n) is 6.09. The third kappa shape index (κ3) is 8.79. The van der Waals surface area contributed by atoms with Gasteiger partial charge in [-0.2, -0.15) is 13.2 Å². The number of hydrogen-bond donors (Lipinski definition) is 3. The fourth-order valence-corrected chi connectivity index (χ4v) is 3.77. The van der Waals surface area contributed by atoms with Gasteiger partial charge in [-0.3, -0.25) is 14.4 Å². The Morgan fingerprint density at radius 2 is 1.87 bits per heavy atom. The van der Waals surface area contributed by atoms with Crippen LogP contribution in [0.1, 0.15) is 50.2 Å². The molecule has 0 radical (unpaired) electrons. The van der Waals surface area contributed by atoms with Gasteiger partial charge in [-0.05, 0) is 30.5 Å². The van der Waals surface area contributed by atoms with Crippen LogP contribution >= 0.6 is 0 Å². The molecule has 210 valence electrons. The van der Waals surface area contributed by atoms with Crippen molar-refractivity contribution in [2.45, 2.75) is 51.4 Å². The summed E-state index contributed by atoms with van der Waals surface area (Å²) in [5.41, 5.74) is 6.09. The molecular weight excluding hydrogens is 520 g/mol. The van der Waals surface area contributed by atoms with E-state index in [1.165, 1.54) is 38.2 Å². The van der Waals surface area contributed by atoms with Gasteiger partial charge in [0.2, 0.25) is 18.0 Å². The van der Waals surface area contributed by atoms with Gasteiger partial charge in [0.25, 0.3) is 5.91 Å². The Labute approximate surface area is 223 Å². The zero-order valence-corrected chi connectivity index (χ0v) is 21.5. The van der Waals surface area contributed by atoms with Crippen LogP contribution in [-0.2, 0) is 14.4 Å². The second-order valence-corrected chi connectivity index (χ2v) is 9.47. The van der Waals surface area contributed by atoms with Gasteiger partial charge in [0.05, 0.1) is 18.5 Å². The fraction of sp³-hybridized carbons (Fsp3) is 0.407. The van der Waals surface area contributed by atoms with Crippen molar-refractivity contribution >= 4 is 29.1 Å². The first-order valence-electron chi connectivity index (χ1n) is 12.4. The number of nitrogens with zero attached hydrogens (tertiary/aromatic N) is 1. The Balaban J connectivity index is 0.000000960. The molecule has 39 heavy (non-hydrogen) atoms. The van der Waals surface area contributed by atoms with Crippen molar-refractivity contribution in [3.8, 4) is 5.75 Å². The van der Waals surface area contributed by atoms with E-state index < -0.39 is 61.1 Å². The zero-order chi connectivity index (χ0) is 28.7. The summed E-state index contributed by atoms with van der Waals surface area (Å²) in [7, 11) is 1.37. The van der Waals surface area contributed by atoms with E-state index in [-0.39, 0.29) is 22.7 Å². The molecule has 12 heteroatoms. The highest BCUT2D eigenvalue weighted by molar-refractivity contribution is 6.20. The molecule has 1 fully saturated rings. The number of halogens is 4. The number of benzene rings is 2. The predicted molar refractivity (Wildman–Crippen MR) is 137 cm³/mol. The molecule has 0 aromatic heterocycles. The first kappa shape index (κ1) is 29.6. The van der Waals surface area contributed by atoms with Crippen LogP contribution in [0.25, 0.3) is 0 Å². The Hall–Kier alpha value is -3.96. The number of carbonyl (C=O) groups excluding carboxylic acids is 3. The second kappa shape index (κ2) is 12.7. The van der Waals surface area contributed by atoms with Crippen LogP contribution in [0.2, 0.25) is 0 Å². The molecule has 0 spiro atoms. The molecule has 1 heterocycles. The summed E-state index contributed by atoms with van der Waals surface area (Å²) in [5, 5.41) is 4.88. The lowest BCUT2D eigenvalue weighted by Crippen LogP contribution is -2.45. The number of nitrogens with one attached hydrogen (secondary N) is 2. The number of fused-ring (bicyclic) bond motifs is 1. The minimum atomic E-state index is -4.56. The van der Waals surface area contributed by atoms with Crippen molar-refractivity contribution in [2.75, 3.05) is 12.4 Å². The molecule has 0 saturated heterocycles. The maximum atomic E-state index is 14.0. The number of rotatable bonds is 8. The quantitative estimate of drug-likeness (QED) is 0.424. The Bertz CT molecular complexity index is 1240. The molecule has 1 saturated carbocycles. The number of hydrogen-bond acceptors (Lipinski definition) is 5. The van der Waals surface area contributed by atoms with E-state index >= 15 is 0 Å². The van der Waals surface area contributed by atoms with Crippen molar-refractivity contribution in [1.29, 1.82) is 0 Å². The molecule has 2 unspecified atom stereocenters. The summed E-state index contributed by atoms with van der Waals surface area (Å²) < 4.78 is 57.4. The highest BCUT2D eigenvalue weighted by Gasteiger charge is 2.34. The van der Waals surface area contributed by atoms with E-state index in [1.54, 1.807) is 24.3 Å². The number of primary amides is 1. The standard InChI is InChI=1S/C23H22F4N4O4.C4H8/c1-35-16-7-3-6-15-18(12-4-2-5-14(24)10-12)29-20(22(34)30-19(15)16)31-21(33)13(11-17(28)32)8-9-23(25,26)27;1-4-2-3-4/h2-7,10,13,20H,8-9,11H2,1H3,(H2,28,32)(H,30,34)(H,31,33);4H,2-3H2,1H3. The van der Waals surface area contributed by atoms with Crippen LogP contribution in [0, 0.1) is 17.7 Å². The molecule has 4 N–H and O–H groups in total. The van der Waals surface area contributed by atoms with Gasteiger partial charge in [-0.15, -0.1) is 0 Å². The Morgan fingerprint density at radius 3 is 2.44 bits per heavy atom. The lowest BCUT2D eigenvalue weighted by Gasteiger charge is -2.19. The van der Waals surface area contributed by atoms with Crippen LogP contribution in [0.4, 0.5) is 23.2 Å². The molecular formula is C27H30F4N4O4. The monoisotopic (exact) mass is 550 g/mol. The van der Waals surface area contributed by atoms with Crippen LogP contribution in [-0.4, -0.2) is 42.9 Å². The fourth-order valence-electron chi connectivity index (χ4n) is 3.77. The minimum absolute atomic E-state index is 0.129. The second-order valence-electron chi connectivity index (χ2n) is 9.47. The van der Waals surface area contributed by atoms with E-state index in [9.17, 15) is 31.9 Å². The Morgan fingerprint density at radius 1 is 1.21 bits per heavy atom. The number of para-hydroxylation sites is 1. The van der Waals surface area contributed by atoms with Crippen LogP contribution < -0.4 is 21.1 Å². The summed E-state index contributed by atoms with van der Waals surface area (Å²) in [5.74, 6) is -3.46. The van der Waals surface area contributed by atoms with E-state index in [2.05, 4.69) is 22.5 Å².